The quantitative estimate of drug-likeness (QED) is 0.680. The van der Waals surface area contributed by atoms with Crippen LogP contribution in [0.5, 0.6) is 0 Å². The zero-order valence-electron chi connectivity index (χ0n) is 9.01. The van der Waals surface area contributed by atoms with Crippen molar-refractivity contribution in [3.05, 3.63) is 0 Å². The largest absolute Gasteiger partial charge is 0.369 e. The van der Waals surface area contributed by atoms with Gasteiger partial charge in [-0.1, -0.05) is 0 Å². The predicted octanol–water partition coefficient (Wildman–Crippen LogP) is -1.01. The predicted molar refractivity (Wildman–Crippen MR) is 56.1 cm³/mol. The third-order valence-electron chi connectivity index (χ3n) is 2.64. The van der Waals surface area contributed by atoms with E-state index in [-0.39, 0.29) is 11.8 Å². The topological polar surface area (TPSA) is 83.7 Å². The van der Waals surface area contributed by atoms with Crippen LogP contribution in [0, 0.1) is 5.92 Å². The fourth-order valence-corrected chi connectivity index (χ4v) is 2.74. The van der Waals surface area contributed by atoms with E-state index >= 15 is 0 Å². The van der Waals surface area contributed by atoms with Crippen molar-refractivity contribution in [1.82, 2.24) is 8.61 Å². The summed E-state index contributed by atoms with van der Waals surface area (Å²) in [4.78, 5) is 10.9. The van der Waals surface area contributed by atoms with Crippen molar-refractivity contribution in [2.75, 3.05) is 27.2 Å². The van der Waals surface area contributed by atoms with Gasteiger partial charge in [0.2, 0.25) is 5.91 Å². The Kier molecular flexibility index (Phi) is 3.69. The molecule has 0 unspecified atom stereocenters. The highest BCUT2D eigenvalue weighted by molar-refractivity contribution is 7.86. The smallest absolute Gasteiger partial charge is 0.281 e. The molecule has 2 N–H and O–H groups in total. The second-order valence-electron chi connectivity index (χ2n) is 3.87. The molecule has 1 heterocycles. The number of primary amides is 1. The summed E-state index contributed by atoms with van der Waals surface area (Å²) < 4.78 is 26.0. The molecule has 1 fully saturated rings. The highest BCUT2D eigenvalue weighted by Gasteiger charge is 2.31. The Morgan fingerprint density at radius 1 is 1.33 bits per heavy atom. The molecule has 0 aromatic carbocycles. The lowest BCUT2D eigenvalue weighted by atomic mass is 9.98. The lowest BCUT2D eigenvalue weighted by Gasteiger charge is -2.31. The summed E-state index contributed by atoms with van der Waals surface area (Å²) in [7, 11) is -0.343. The van der Waals surface area contributed by atoms with Crippen LogP contribution in [0.3, 0.4) is 0 Å². The third-order valence-corrected chi connectivity index (χ3v) is 4.58. The zero-order chi connectivity index (χ0) is 11.6. The summed E-state index contributed by atoms with van der Waals surface area (Å²) in [6.07, 6.45) is 1.03. The van der Waals surface area contributed by atoms with Gasteiger partial charge in [0.1, 0.15) is 0 Å². The maximum absolute atomic E-state index is 11.7. The first-order valence-corrected chi connectivity index (χ1v) is 6.22. The molecule has 0 radical (unpaired) electrons. The highest BCUT2D eigenvalue weighted by Crippen LogP contribution is 2.19. The van der Waals surface area contributed by atoms with Gasteiger partial charge in [0.15, 0.2) is 0 Å². The van der Waals surface area contributed by atoms with E-state index in [9.17, 15) is 13.2 Å². The average molecular weight is 235 g/mol. The van der Waals surface area contributed by atoms with E-state index in [1.807, 2.05) is 0 Å². The summed E-state index contributed by atoms with van der Waals surface area (Å²) in [5, 5.41) is 0. The van der Waals surface area contributed by atoms with Gasteiger partial charge < -0.3 is 5.73 Å². The van der Waals surface area contributed by atoms with Crippen molar-refractivity contribution < 1.29 is 13.2 Å². The van der Waals surface area contributed by atoms with Crippen LogP contribution in [-0.2, 0) is 15.0 Å². The molecule has 0 bridgehead atoms. The summed E-state index contributed by atoms with van der Waals surface area (Å²) in [5.74, 6) is -0.518. The lowest BCUT2D eigenvalue weighted by molar-refractivity contribution is -0.122. The first kappa shape index (κ1) is 12.4. The van der Waals surface area contributed by atoms with Crippen molar-refractivity contribution in [3.63, 3.8) is 0 Å². The number of hydrogen-bond donors (Lipinski definition) is 1. The number of hydrogen-bond acceptors (Lipinski definition) is 3. The molecule has 1 rings (SSSR count). The average Bonchev–Trinajstić information content (AvgIpc) is 2.17. The monoisotopic (exact) mass is 235 g/mol. The van der Waals surface area contributed by atoms with Gasteiger partial charge in [0.25, 0.3) is 10.2 Å². The SMILES string of the molecule is CN(C)S(=O)(=O)N1CCC(C(N)=O)CC1. The van der Waals surface area contributed by atoms with Crippen molar-refractivity contribution in [1.29, 1.82) is 0 Å². The van der Waals surface area contributed by atoms with Gasteiger partial charge in [-0.15, -0.1) is 0 Å². The number of carbonyl (C=O) groups is 1. The van der Waals surface area contributed by atoms with Gasteiger partial charge in [-0.3, -0.25) is 4.79 Å². The second-order valence-corrected chi connectivity index (χ2v) is 6.01. The Morgan fingerprint density at radius 2 is 1.80 bits per heavy atom. The van der Waals surface area contributed by atoms with Crippen LogP contribution in [0.1, 0.15) is 12.8 Å². The summed E-state index contributed by atoms with van der Waals surface area (Å²) in [6, 6.07) is 0. The molecule has 1 aliphatic rings. The van der Waals surface area contributed by atoms with Gasteiger partial charge in [-0.25, -0.2) is 0 Å². The van der Waals surface area contributed by atoms with E-state index in [4.69, 9.17) is 5.73 Å². The molecule has 0 spiro atoms. The second kappa shape index (κ2) is 4.46. The van der Waals surface area contributed by atoms with E-state index in [1.54, 1.807) is 0 Å². The van der Waals surface area contributed by atoms with Crippen LogP contribution in [0.15, 0.2) is 0 Å². The van der Waals surface area contributed by atoms with Gasteiger partial charge in [0, 0.05) is 33.1 Å². The van der Waals surface area contributed by atoms with Crippen LogP contribution >= 0.6 is 0 Å². The zero-order valence-corrected chi connectivity index (χ0v) is 9.83. The minimum absolute atomic E-state index is 0.182. The number of amides is 1. The number of carbonyl (C=O) groups excluding carboxylic acids is 1. The number of piperidine rings is 1. The molecule has 1 amide bonds. The van der Waals surface area contributed by atoms with E-state index in [0.29, 0.717) is 25.9 Å². The van der Waals surface area contributed by atoms with Gasteiger partial charge >= 0.3 is 0 Å². The van der Waals surface area contributed by atoms with E-state index in [1.165, 1.54) is 22.7 Å². The lowest BCUT2D eigenvalue weighted by Crippen LogP contribution is -2.46. The minimum Gasteiger partial charge on any atom is -0.369 e. The minimum atomic E-state index is -3.33. The summed E-state index contributed by atoms with van der Waals surface area (Å²) in [6.45, 7) is 0.738. The Bertz CT molecular complexity index is 331. The molecular weight excluding hydrogens is 218 g/mol. The van der Waals surface area contributed by atoms with Crippen LogP contribution in [-0.4, -0.2) is 50.1 Å². The van der Waals surface area contributed by atoms with Crippen molar-refractivity contribution in [2.45, 2.75) is 12.8 Å². The van der Waals surface area contributed by atoms with Crippen molar-refractivity contribution in [2.24, 2.45) is 11.7 Å². The molecule has 0 atom stereocenters. The molecule has 0 saturated carbocycles. The van der Waals surface area contributed by atoms with Gasteiger partial charge in [-0.2, -0.15) is 17.0 Å². The fraction of sp³-hybridized carbons (Fsp3) is 0.875. The Morgan fingerprint density at radius 3 is 2.13 bits per heavy atom. The van der Waals surface area contributed by atoms with Crippen molar-refractivity contribution >= 4 is 16.1 Å². The molecular formula is C8H17N3O3S. The summed E-state index contributed by atoms with van der Waals surface area (Å²) in [5.41, 5.74) is 5.16. The molecule has 15 heavy (non-hydrogen) atoms. The molecule has 0 aliphatic carbocycles. The van der Waals surface area contributed by atoms with E-state index in [0.717, 1.165) is 0 Å². The molecule has 7 heteroatoms. The van der Waals surface area contributed by atoms with Crippen LogP contribution in [0.4, 0.5) is 0 Å². The van der Waals surface area contributed by atoms with Gasteiger partial charge in [-0.05, 0) is 12.8 Å². The van der Waals surface area contributed by atoms with Crippen LogP contribution in [0.25, 0.3) is 0 Å². The van der Waals surface area contributed by atoms with Crippen LogP contribution in [0.2, 0.25) is 0 Å². The Labute approximate surface area is 90.2 Å². The molecule has 1 saturated heterocycles. The molecule has 6 nitrogen and oxygen atoms in total. The van der Waals surface area contributed by atoms with Gasteiger partial charge in [0.05, 0.1) is 0 Å². The fourth-order valence-electron chi connectivity index (χ4n) is 1.60. The maximum Gasteiger partial charge on any atom is 0.281 e. The first-order valence-electron chi connectivity index (χ1n) is 4.82. The van der Waals surface area contributed by atoms with E-state index < -0.39 is 10.2 Å². The summed E-state index contributed by atoms with van der Waals surface area (Å²) >= 11 is 0. The number of rotatable bonds is 3. The number of nitrogens with zero attached hydrogens (tertiary/aromatic N) is 2. The standard InChI is InChI=1S/C8H17N3O3S/c1-10(2)15(13,14)11-5-3-7(4-6-11)8(9)12/h7H,3-6H2,1-2H3,(H2,9,12). The third kappa shape index (κ3) is 2.67. The van der Waals surface area contributed by atoms with Crippen LogP contribution < -0.4 is 5.73 Å². The molecule has 1 aliphatic heterocycles. The van der Waals surface area contributed by atoms with Crippen molar-refractivity contribution in [3.8, 4) is 0 Å². The Balaban J connectivity index is 2.62. The normalized spacial score (nSPS) is 20.7. The van der Waals surface area contributed by atoms with E-state index in [2.05, 4.69) is 0 Å². The molecule has 88 valence electrons. The molecule has 0 aromatic rings. The molecule has 0 aromatic heterocycles. The maximum atomic E-state index is 11.7. The Hall–Kier alpha value is -0.660. The highest BCUT2D eigenvalue weighted by atomic mass is 32.2. The first-order chi connectivity index (χ1) is 6.85. The number of nitrogens with two attached hydrogens (primary N) is 1.